The molecule has 1 atom stereocenters. The molecule has 5 heteroatoms. The first-order chi connectivity index (χ1) is 16.8. The van der Waals surface area contributed by atoms with E-state index >= 15 is 0 Å². The van der Waals surface area contributed by atoms with Gasteiger partial charge >= 0.3 is 5.97 Å². The normalized spacial score (nSPS) is 17.1. The number of carbonyl (C=O) groups is 1. The minimum absolute atomic E-state index is 0.268. The summed E-state index contributed by atoms with van der Waals surface area (Å²) in [6, 6.07) is 2.21. The Hall–Kier alpha value is -2.48. The molecule has 1 aliphatic heterocycles. The summed E-state index contributed by atoms with van der Waals surface area (Å²) in [5.41, 5.74) is 4.54. The van der Waals surface area contributed by atoms with Crippen LogP contribution in [0.1, 0.15) is 113 Å². The fraction of sp³-hybridized carbons (Fsp3) is 0.667. The van der Waals surface area contributed by atoms with Gasteiger partial charge in [0.2, 0.25) is 0 Å². The number of hydrogen-bond donors (Lipinski definition) is 1. The number of allylic oxidation sites excluding steroid dienone is 1. The van der Waals surface area contributed by atoms with Crippen LogP contribution in [0.5, 0.6) is 11.5 Å². The molecule has 0 saturated carbocycles. The third-order valence-corrected chi connectivity index (χ3v) is 7.18. The smallest absolute Gasteiger partial charge is 0.303 e. The highest BCUT2D eigenvalue weighted by Crippen LogP contribution is 2.44. The van der Waals surface area contributed by atoms with Gasteiger partial charge in [0.25, 0.3) is 0 Å². The Morgan fingerprint density at radius 1 is 1.03 bits per heavy atom. The molecule has 35 heavy (non-hydrogen) atoms. The average Bonchev–Trinajstić information content (AvgIpc) is 2.82. The molecule has 0 aromatic heterocycles. The zero-order chi connectivity index (χ0) is 25.7. The lowest BCUT2D eigenvalue weighted by molar-refractivity contribution is -0.137. The van der Waals surface area contributed by atoms with E-state index in [9.17, 15) is 4.79 Å². The number of aliphatic carboxylic acids is 1. The number of fused-ring (bicyclic) bond motifs is 1. The zero-order valence-electron chi connectivity index (χ0n) is 22.4. The van der Waals surface area contributed by atoms with Crippen molar-refractivity contribution in [3.05, 3.63) is 34.4 Å². The number of rotatable bonds is 16. The number of nitrogens with zero attached hydrogens (tertiary/aromatic N) is 1. The van der Waals surface area contributed by atoms with Gasteiger partial charge in [-0.3, -0.25) is 4.79 Å². The molecule has 0 aliphatic carbocycles. The second-order valence-electron chi connectivity index (χ2n) is 10.2. The number of unbranched alkanes of at least 4 members (excludes halogenated alkanes) is 9. The maximum atomic E-state index is 10.6. The number of ether oxygens (including phenoxy) is 2. The van der Waals surface area contributed by atoms with Crippen molar-refractivity contribution in [2.24, 2.45) is 0 Å². The van der Waals surface area contributed by atoms with Crippen LogP contribution in [0.15, 0.2) is 12.2 Å². The quantitative estimate of drug-likeness (QED) is 0.191. The van der Waals surface area contributed by atoms with Crippen LogP contribution >= 0.6 is 0 Å². The van der Waals surface area contributed by atoms with Crippen LogP contribution in [0.3, 0.4) is 0 Å². The monoisotopic (exact) mass is 483 g/mol. The predicted octanol–water partition coefficient (Wildman–Crippen LogP) is 7.92. The first kappa shape index (κ1) is 28.8. The molecule has 0 bridgehead atoms. The molecule has 0 spiro atoms. The fourth-order valence-corrected chi connectivity index (χ4v) is 4.82. The van der Waals surface area contributed by atoms with Gasteiger partial charge < -0.3 is 14.6 Å². The zero-order valence-corrected chi connectivity index (χ0v) is 22.4. The number of carboxylic acid groups (broad SMARTS) is 1. The maximum absolute atomic E-state index is 10.6. The van der Waals surface area contributed by atoms with E-state index in [1.54, 1.807) is 0 Å². The molecule has 0 radical (unpaired) electrons. The van der Waals surface area contributed by atoms with Crippen molar-refractivity contribution in [1.29, 1.82) is 5.26 Å². The molecular formula is C30H45NO4. The summed E-state index contributed by atoms with van der Waals surface area (Å²) in [5.74, 6) is 1.33. The van der Waals surface area contributed by atoms with Gasteiger partial charge in [-0.1, -0.05) is 38.2 Å². The van der Waals surface area contributed by atoms with Crippen LogP contribution in [-0.4, -0.2) is 23.3 Å². The van der Waals surface area contributed by atoms with E-state index in [1.807, 2.05) is 0 Å². The van der Waals surface area contributed by atoms with Crippen molar-refractivity contribution >= 4 is 5.97 Å². The highest BCUT2D eigenvalue weighted by Gasteiger charge is 2.32. The number of carboxylic acids is 1. The minimum atomic E-state index is -0.707. The lowest BCUT2D eigenvalue weighted by atomic mass is 9.86. The van der Waals surface area contributed by atoms with Gasteiger partial charge in [0.05, 0.1) is 12.7 Å². The Balaban J connectivity index is 1.88. The van der Waals surface area contributed by atoms with Crippen molar-refractivity contribution in [2.45, 2.75) is 123 Å². The molecular weight excluding hydrogens is 438 g/mol. The van der Waals surface area contributed by atoms with Gasteiger partial charge in [-0.05, 0) is 95.4 Å². The second-order valence-corrected chi connectivity index (χ2v) is 10.2. The molecule has 1 N–H and O–H groups in total. The molecule has 0 amide bonds. The van der Waals surface area contributed by atoms with E-state index in [0.29, 0.717) is 13.0 Å². The fourth-order valence-electron chi connectivity index (χ4n) is 4.82. The number of nitriles is 1. The molecule has 1 unspecified atom stereocenters. The summed E-state index contributed by atoms with van der Waals surface area (Å²) >= 11 is 0. The lowest BCUT2D eigenvalue weighted by Crippen LogP contribution is -2.35. The summed E-state index contributed by atoms with van der Waals surface area (Å²) in [4.78, 5) is 10.6. The maximum Gasteiger partial charge on any atom is 0.303 e. The molecule has 2 rings (SSSR count). The van der Waals surface area contributed by atoms with Gasteiger partial charge in [-0.2, -0.15) is 5.26 Å². The van der Waals surface area contributed by atoms with Crippen molar-refractivity contribution < 1.29 is 19.4 Å². The summed E-state index contributed by atoms with van der Waals surface area (Å²) in [6.07, 6.45) is 17.8. The lowest BCUT2D eigenvalue weighted by Gasteiger charge is -2.36. The van der Waals surface area contributed by atoms with Crippen LogP contribution in [0, 0.1) is 32.1 Å². The molecule has 0 saturated heterocycles. The van der Waals surface area contributed by atoms with E-state index in [2.05, 4.69) is 45.9 Å². The van der Waals surface area contributed by atoms with Gasteiger partial charge in [0, 0.05) is 18.4 Å². The number of benzene rings is 1. The standard InChI is InChI=1S/C30H45NO4/c1-23-24(2)29-26(25(3)28(23)34-22-16-12-8-9-13-17-27(32)33)18-20-30(4,35-29)19-14-10-6-5-7-11-15-21-31/h14,19H,5-13,15-18,20,22H2,1-4H3,(H,32,33)/b19-14+. The van der Waals surface area contributed by atoms with E-state index in [4.69, 9.17) is 19.8 Å². The SMILES string of the molecule is Cc1c(C)c2c(c(C)c1OCCCCCCCC(=O)O)CCC(C)(/C=C/CCCCCCC#N)O2. The van der Waals surface area contributed by atoms with Gasteiger partial charge in [0.15, 0.2) is 0 Å². The van der Waals surface area contributed by atoms with Gasteiger partial charge in [0.1, 0.15) is 17.1 Å². The third kappa shape index (κ3) is 9.24. The molecule has 1 aromatic carbocycles. The first-order valence-electron chi connectivity index (χ1n) is 13.5. The first-order valence-corrected chi connectivity index (χ1v) is 13.5. The van der Waals surface area contributed by atoms with E-state index < -0.39 is 5.97 Å². The predicted molar refractivity (Wildman–Crippen MR) is 141 cm³/mol. The highest BCUT2D eigenvalue weighted by molar-refractivity contribution is 5.66. The topological polar surface area (TPSA) is 79.5 Å². The molecule has 1 aliphatic rings. The largest absolute Gasteiger partial charge is 0.493 e. The molecule has 1 aromatic rings. The molecule has 194 valence electrons. The van der Waals surface area contributed by atoms with Crippen molar-refractivity contribution in [3.8, 4) is 17.6 Å². The van der Waals surface area contributed by atoms with Crippen molar-refractivity contribution in [3.63, 3.8) is 0 Å². The molecule has 1 heterocycles. The highest BCUT2D eigenvalue weighted by atomic mass is 16.5. The third-order valence-electron chi connectivity index (χ3n) is 7.18. The van der Waals surface area contributed by atoms with Crippen molar-refractivity contribution in [2.75, 3.05) is 6.61 Å². The Bertz CT molecular complexity index is 899. The Morgan fingerprint density at radius 2 is 1.71 bits per heavy atom. The molecule has 5 nitrogen and oxygen atoms in total. The van der Waals surface area contributed by atoms with Crippen LogP contribution in [-0.2, 0) is 11.2 Å². The molecule has 0 fully saturated rings. The Morgan fingerprint density at radius 3 is 2.46 bits per heavy atom. The van der Waals surface area contributed by atoms with Crippen LogP contribution in [0.2, 0.25) is 0 Å². The minimum Gasteiger partial charge on any atom is -0.493 e. The Labute approximate surface area is 212 Å². The van der Waals surface area contributed by atoms with E-state index in [-0.39, 0.29) is 12.0 Å². The Kier molecular flexibility index (Phi) is 12.2. The summed E-state index contributed by atoms with van der Waals surface area (Å²) in [6.45, 7) is 9.29. The summed E-state index contributed by atoms with van der Waals surface area (Å²) < 4.78 is 12.9. The van der Waals surface area contributed by atoms with Crippen LogP contribution < -0.4 is 9.47 Å². The van der Waals surface area contributed by atoms with Crippen molar-refractivity contribution in [1.82, 2.24) is 0 Å². The second kappa shape index (κ2) is 14.8. The number of hydrogen-bond acceptors (Lipinski definition) is 4. The van der Waals surface area contributed by atoms with Crippen LogP contribution in [0.4, 0.5) is 0 Å². The average molecular weight is 484 g/mol. The van der Waals surface area contributed by atoms with Gasteiger partial charge in [-0.15, -0.1) is 0 Å². The van der Waals surface area contributed by atoms with Gasteiger partial charge in [-0.25, -0.2) is 0 Å². The van der Waals surface area contributed by atoms with E-state index in [0.717, 1.165) is 87.7 Å². The summed E-state index contributed by atoms with van der Waals surface area (Å²) in [7, 11) is 0. The summed E-state index contributed by atoms with van der Waals surface area (Å²) in [5, 5.41) is 17.3. The van der Waals surface area contributed by atoms with E-state index in [1.165, 1.54) is 23.1 Å². The van der Waals surface area contributed by atoms with Crippen LogP contribution in [0.25, 0.3) is 0 Å².